The Labute approximate surface area is 128 Å². The summed E-state index contributed by atoms with van der Waals surface area (Å²) < 4.78 is 13.3. The summed E-state index contributed by atoms with van der Waals surface area (Å²) in [4.78, 5) is 13.1. The fourth-order valence-corrected chi connectivity index (χ4v) is 2.62. The monoisotopic (exact) mass is 387 g/mol. The van der Waals surface area contributed by atoms with E-state index in [1.54, 1.807) is 23.9 Å². The number of alkyl halides is 1. The van der Waals surface area contributed by atoms with Crippen molar-refractivity contribution in [2.45, 2.75) is 9.79 Å². The minimum absolute atomic E-state index is 0.606. The molecule has 2 aromatic carbocycles. The van der Waals surface area contributed by atoms with Gasteiger partial charge in [-0.2, -0.15) is 0 Å². The number of benzene rings is 2. The van der Waals surface area contributed by atoms with E-state index in [2.05, 4.69) is 52.2 Å². The average Bonchev–Trinajstić information content (AvgIpc) is 2.43. The summed E-state index contributed by atoms with van der Waals surface area (Å²) in [6.07, 6.45) is 0. The Morgan fingerprint density at radius 2 is 1.58 bits per heavy atom. The fourth-order valence-electron chi connectivity index (χ4n) is 1.44. The third kappa shape index (κ3) is 4.50. The molecule has 98 valence electrons. The summed E-state index contributed by atoms with van der Waals surface area (Å²) in [5, 5.41) is 2.47. The van der Waals surface area contributed by atoms with Crippen molar-refractivity contribution in [3.63, 3.8) is 0 Å². The van der Waals surface area contributed by atoms with Gasteiger partial charge in [0, 0.05) is 19.0 Å². The first-order valence-electron chi connectivity index (χ1n) is 5.56. The molecule has 1 N–H and O–H groups in total. The lowest BCUT2D eigenvalue weighted by Crippen LogP contribution is -2.12. The van der Waals surface area contributed by atoms with Gasteiger partial charge in [-0.25, -0.2) is 4.39 Å². The van der Waals surface area contributed by atoms with Gasteiger partial charge >= 0.3 is 0 Å². The van der Waals surface area contributed by atoms with Crippen LogP contribution in [0.25, 0.3) is 0 Å². The van der Waals surface area contributed by atoms with E-state index in [0.29, 0.717) is 5.69 Å². The molecular weight excluding hydrogens is 376 g/mol. The topological polar surface area (TPSA) is 29.1 Å². The molecule has 0 fully saturated rings. The predicted molar refractivity (Wildman–Crippen MR) is 84.3 cm³/mol. The number of amides is 1. The molecule has 0 aliphatic heterocycles. The quantitative estimate of drug-likeness (QED) is 0.791. The van der Waals surface area contributed by atoms with Crippen LogP contribution in [0.4, 0.5) is 10.1 Å². The molecule has 0 spiro atoms. The van der Waals surface area contributed by atoms with Crippen LogP contribution in [-0.4, -0.2) is 12.6 Å². The molecule has 1 amide bonds. The molecule has 2 aromatic rings. The van der Waals surface area contributed by atoms with Crippen LogP contribution >= 0.6 is 34.4 Å². The normalized spacial score (nSPS) is 10.2. The maximum atomic E-state index is 12.1. The van der Waals surface area contributed by atoms with Crippen molar-refractivity contribution in [3.05, 3.63) is 52.1 Å². The minimum Gasteiger partial charge on any atom is -0.324 e. The van der Waals surface area contributed by atoms with Crippen LogP contribution in [0.1, 0.15) is 0 Å². The zero-order valence-electron chi connectivity index (χ0n) is 9.90. The van der Waals surface area contributed by atoms with Gasteiger partial charge < -0.3 is 5.32 Å². The number of carbonyl (C=O) groups excluding carboxylic acids is 1. The fraction of sp³-hybridized carbons (Fsp3) is 0.0714. The number of hydrogen-bond donors (Lipinski definition) is 1. The molecule has 0 atom stereocenters. The molecule has 0 bridgehead atoms. The van der Waals surface area contributed by atoms with Gasteiger partial charge in [0.25, 0.3) is 5.91 Å². The van der Waals surface area contributed by atoms with Crippen molar-refractivity contribution < 1.29 is 9.18 Å². The Bertz CT molecular complexity index is 557. The van der Waals surface area contributed by atoms with E-state index in [0.717, 1.165) is 9.79 Å². The van der Waals surface area contributed by atoms with Crippen LogP contribution in [0.5, 0.6) is 0 Å². The van der Waals surface area contributed by atoms with Crippen molar-refractivity contribution >= 4 is 45.9 Å². The molecule has 0 heterocycles. The van der Waals surface area contributed by atoms with Crippen molar-refractivity contribution in [1.29, 1.82) is 0 Å². The zero-order valence-corrected chi connectivity index (χ0v) is 12.9. The van der Waals surface area contributed by atoms with Gasteiger partial charge in [0.2, 0.25) is 0 Å². The summed E-state index contributed by atoms with van der Waals surface area (Å²) in [6, 6.07) is 15.6. The summed E-state index contributed by atoms with van der Waals surface area (Å²) in [6.45, 7) is -1.00. The summed E-state index contributed by atoms with van der Waals surface area (Å²) >= 11 is 3.91. The summed E-state index contributed by atoms with van der Waals surface area (Å²) in [5.41, 5.74) is 0.606. The molecular formula is C14H11FINOS. The van der Waals surface area contributed by atoms with E-state index >= 15 is 0 Å². The number of nitrogens with one attached hydrogen (secondary N) is 1. The SMILES string of the molecule is O=C(CF)Nc1ccc(Sc2ccc(I)cc2)cc1. The van der Waals surface area contributed by atoms with Crippen LogP contribution in [0.3, 0.4) is 0 Å². The third-order valence-electron chi connectivity index (χ3n) is 2.31. The highest BCUT2D eigenvalue weighted by molar-refractivity contribution is 14.1. The second-order valence-corrected chi connectivity index (χ2v) is 6.15. The Morgan fingerprint density at radius 1 is 1.05 bits per heavy atom. The van der Waals surface area contributed by atoms with Crippen LogP contribution in [0.2, 0.25) is 0 Å². The lowest BCUT2D eigenvalue weighted by molar-refractivity contribution is -0.117. The highest BCUT2D eigenvalue weighted by atomic mass is 127. The molecule has 0 radical (unpaired) electrons. The van der Waals surface area contributed by atoms with Crippen molar-refractivity contribution in [2.24, 2.45) is 0 Å². The van der Waals surface area contributed by atoms with E-state index in [1.165, 1.54) is 3.57 Å². The molecule has 0 saturated heterocycles. The number of anilines is 1. The first-order valence-corrected chi connectivity index (χ1v) is 7.46. The molecule has 0 aromatic heterocycles. The number of halogens is 2. The predicted octanol–water partition coefficient (Wildman–Crippen LogP) is 4.35. The molecule has 5 heteroatoms. The summed E-state index contributed by atoms with van der Waals surface area (Å²) in [7, 11) is 0. The van der Waals surface area contributed by atoms with Crippen LogP contribution in [0, 0.1) is 3.57 Å². The molecule has 0 aliphatic rings. The Balaban J connectivity index is 2.02. The van der Waals surface area contributed by atoms with E-state index in [4.69, 9.17) is 0 Å². The van der Waals surface area contributed by atoms with Crippen LogP contribution in [0.15, 0.2) is 58.3 Å². The zero-order chi connectivity index (χ0) is 13.7. The first kappa shape index (κ1) is 14.3. The van der Waals surface area contributed by atoms with E-state index in [-0.39, 0.29) is 0 Å². The van der Waals surface area contributed by atoms with E-state index in [1.807, 2.05) is 12.1 Å². The average molecular weight is 387 g/mol. The largest absolute Gasteiger partial charge is 0.324 e. The number of hydrogen-bond acceptors (Lipinski definition) is 2. The van der Waals surface area contributed by atoms with Crippen molar-refractivity contribution in [3.8, 4) is 0 Å². The third-order valence-corrected chi connectivity index (χ3v) is 4.04. The molecule has 2 nitrogen and oxygen atoms in total. The van der Waals surface area contributed by atoms with Gasteiger partial charge in [-0.1, -0.05) is 11.8 Å². The Hall–Kier alpha value is -1.08. The van der Waals surface area contributed by atoms with E-state index in [9.17, 15) is 9.18 Å². The molecule has 0 unspecified atom stereocenters. The standard InChI is InChI=1S/C14H11FINOS/c15-9-14(18)17-11-3-7-13(8-4-11)19-12-5-1-10(16)2-6-12/h1-8H,9H2,(H,17,18). The minimum atomic E-state index is -1.00. The Kier molecular flexibility index (Phi) is 5.21. The maximum absolute atomic E-state index is 12.1. The van der Waals surface area contributed by atoms with Gasteiger partial charge in [-0.15, -0.1) is 0 Å². The second-order valence-electron chi connectivity index (χ2n) is 3.76. The highest BCUT2D eigenvalue weighted by Crippen LogP contribution is 2.28. The van der Waals surface area contributed by atoms with Crippen LogP contribution < -0.4 is 5.32 Å². The van der Waals surface area contributed by atoms with Gasteiger partial charge in [0.1, 0.15) is 0 Å². The lowest BCUT2D eigenvalue weighted by Gasteiger charge is -2.05. The molecule has 0 aliphatic carbocycles. The lowest BCUT2D eigenvalue weighted by atomic mass is 10.3. The van der Waals surface area contributed by atoms with Crippen LogP contribution in [-0.2, 0) is 4.79 Å². The van der Waals surface area contributed by atoms with E-state index < -0.39 is 12.6 Å². The Morgan fingerprint density at radius 3 is 2.11 bits per heavy atom. The smallest absolute Gasteiger partial charge is 0.255 e. The number of carbonyl (C=O) groups is 1. The van der Waals surface area contributed by atoms with Gasteiger partial charge in [0.05, 0.1) is 0 Å². The molecule has 0 saturated carbocycles. The van der Waals surface area contributed by atoms with Crippen molar-refractivity contribution in [1.82, 2.24) is 0 Å². The van der Waals surface area contributed by atoms with Gasteiger partial charge in [-0.05, 0) is 71.1 Å². The second kappa shape index (κ2) is 6.91. The van der Waals surface area contributed by atoms with Gasteiger partial charge in [0.15, 0.2) is 6.67 Å². The van der Waals surface area contributed by atoms with Gasteiger partial charge in [-0.3, -0.25) is 4.79 Å². The molecule has 19 heavy (non-hydrogen) atoms. The van der Waals surface area contributed by atoms with Crippen molar-refractivity contribution in [2.75, 3.05) is 12.0 Å². The highest BCUT2D eigenvalue weighted by Gasteiger charge is 2.02. The molecule has 2 rings (SSSR count). The summed E-state index contributed by atoms with van der Waals surface area (Å²) in [5.74, 6) is -0.627. The number of rotatable bonds is 4. The first-order chi connectivity index (χ1) is 9.17. The maximum Gasteiger partial charge on any atom is 0.255 e.